The van der Waals surface area contributed by atoms with E-state index in [2.05, 4.69) is 15.4 Å². The first-order valence-electron chi connectivity index (χ1n) is 9.86. The SMILES string of the molecule is O=C(Cn1cnc2c(oc3ccccc32)c1=O)NCc1ccccc1Cn1cccn1. The van der Waals surface area contributed by atoms with Gasteiger partial charge in [-0.2, -0.15) is 5.10 Å². The van der Waals surface area contributed by atoms with Crippen LogP contribution in [0.3, 0.4) is 0 Å². The number of para-hydroxylation sites is 1. The van der Waals surface area contributed by atoms with Gasteiger partial charge in [0.15, 0.2) is 0 Å². The number of nitrogens with one attached hydrogen (secondary N) is 1. The maximum absolute atomic E-state index is 12.8. The van der Waals surface area contributed by atoms with E-state index in [1.54, 1.807) is 12.3 Å². The van der Waals surface area contributed by atoms with Crippen LogP contribution in [-0.2, 0) is 24.4 Å². The quantitative estimate of drug-likeness (QED) is 0.462. The number of rotatable bonds is 6. The Balaban J connectivity index is 1.31. The zero-order chi connectivity index (χ0) is 21.2. The maximum Gasteiger partial charge on any atom is 0.297 e. The highest BCUT2D eigenvalue weighted by Gasteiger charge is 2.14. The first-order chi connectivity index (χ1) is 15.2. The van der Waals surface area contributed by atoms with E-state index in [9.17, 15) is 9.59 Å². The minimum absolute atomic E-state index is 0.139. The van der Waals surface area contributed by atoms with E-state index >= 15 is 0 Å². The van der Waals surface area contributed by atoms with E-state index in [0.717, 1.165) is 16.5 Å². The fraction of sp³-hybridized carbons (Fsp3) is 0.130. The van der Waals surface area contributed by atoms with Crippen LogP contribution in [0.5, 0.6) is 0 Å². The summed E-state index contributed by atoms with van der Waals surface area (Å²) >= 11 is 0. The molecule has 31 heavy (non-hydrogen) atoms. The molecule has 0 unspecified atom stereocenters. The second kappa shape index (κ2) is 7.91. The summed E-state index contributed by atoms with van der Waals surface area (Å²) in [5, 5.41) is 7.89. The second-order valence-electron chi connectivity index (χ2n) is 7.20. The second-order valence-corrected chi connectivity index (χ2v) is 7.20. The molecule has 0 aliphatic carbocycles. The highest BCUT2D eigenvalue weighted by atomic mass is 16.3. The highest BCUT2D eigenvalue weighted by Crippen LogP contribution is 2.24. The third-order valence-corrected chi connectivity index (χ3v) is 5.15. The molecule has 0 aliphatic rings. The van der Waals surface area contributed by atoms with Crippen LogP contribution < -0.4 is 10.9 Å². The van der Waals surface area contributed by atoms with Gasteiger partial charge in [-0.05, 0) is 29.3 Å². The summed E-state index contributed by atoms with van der Waals surface area (Å²) in [6, 6.07) is 17.1. The minimum atomic E-state index is -0.379. The molecule has 0 aliphatic heterocycles. The molecule has 1 N–H and O–H groups in total. The minimum Gasteiger partial charge on any atom is -0.448 e. The highest BCUT2D eigenvalue weighted by molar-refractivity contribution is 6.01. The van der Waals surface area contributed by atoms with Gasteiger partial charge in [-0.25, -0.2) is 4.98 Å². The summed E-state index contributed by atoms with van der Waals surface area (Å²) in [7, 11) is 0. The first kappa shape index (κ1) is 18.8. The number of furan rings is 1. The van der Waals surface area contributed by atoms with Crippen molar-refractivity contribution < 1.29 is 9.21 Å². The Morgan fingerprint density at radius 1 is 1.03 bits per heavy atom. The Morgan fingerprint density at radius 3 is 2.68 bits per heavy atom. The molecule has 2 aromatic carbocycles. The van der Waals surface area contributed by atoms with Crippen LogP contribution in [0.2, 0.25) is 0 Å². The van der Waals surface area contributed by atoms with Gasteiger partial charge in [0, 0.05) is 24.3 Å². The monoisotopic (exact) mass is 413 g/mol. The van der Waals surface area contributed by atoms with Crippen molar-refractivity contribution >= 4 is 28.0 Å². The van der Waals surface area contributed by atoms with Crippen LogP contribution in [0.25, 0.3) is 22.1 Å². The first-order valence-corrected chi connectivity index (χ1v) is 9.86. The van der Waals surface area contributed by atoms with Crippen molar-refractivity contribution in [2.45, 2.75) is 19.6 Å². The van der Waals surface area contributed by atoms with Crippen molar-refractivity contribution in [3.63, 3.8) is 0 Å². The molecule has 8 nitrogen and oxygen atoms in total. The molecule has 0 atom stereocenters. The van der Waals surface area contributed by atoms with Crippen molar-refractivity contribution in [2.24, 2.45) is 0 Å². The topological polar surface area (TPSA) is 95.0 Å². The molecule has 5 rings (SSSR count). The number of amides is 1. The lowest BCUT2D eigenvalue weighted by molar-refractivity contribution is -0.121. The van der Waals surface area contributed by atoms with Crippen molar-refractivity contribution in [2.75, 3.05) is 0 Å². The summed E-state index contributed by atoms with van der Waals surface area (Å²) in [5.41, 5.74) is 2.93. The number of benzene rings is 2. The van der Waals surface area contributed by atoms with Crippen LogP contribution in [0.15, 0.2) is 82.5 Å². The number of carbonyl (C=O) groups excluding carboxylic acids is 1. The van der Waals surface area contributed by atoms with E-state index in [4.69, 9.17) is 4.42 Å². The zero-order valence-corrected chi connectivity index (χ0v) is 16.6. The average Bonchev–Trinajstić information content (AvgIpc) is 3.43. The van der Waals surface area contributed by atoms with Crippen LogP contribution in [0.1, 0.15) is 11.1 Å². The zero-order valence-electron chi connectivity index (χ0n) is 16.6. The molecule has 5 aromatic rings. The van der Waals surface area contributed by atoms with Crippen molar-refractivity contribution in [1.29, 1.82) is 0 Å². The number of hydrogen-bond donors (Lipinski definition) is 1. The number of fused-ring (bicyclic) bond motifs is 3. The van der Waals surface area contributed by atoms with Crippen molar-refractivity contribution in [1.82, 2.24) is 24.6 Å². The molecule has 154 valence electrons. The third kappa shape index (κ3) is 3.71. The summed E-state index contributed by atoms with van der Waals surface area (Å²) in [6.07, 6.45) is 5.01. The summed E-state index contributed by atoms with van der Waals surface area (Å²) in [6.45, 7) is 0.830. The Morgan fingerprint density at radius 2 is 1.84 bits per heavy atom. The fourth-order valence-electron chi connectivity index (χ4n) is 3.59. The average molecular weight is 413 g/mol. The van der Waals surface area contributed by atoms with Gasteiger partial charge in [-0.3, -0.25) is 18.8 Å². The van der Waals surface area contributed by atoms with Gasteiger partial charge in [0.05, 0.1) is 12.9 Å². The smallest absolute Gasteiger partial charge is 0.297 e. The lowest BCUT2D eigenvalue weighted by Crippen LogP contribution is -2.32. The van der Waals surface area contributed by atoms with Crippen LogP contribution in [0.4, 0.5) is 0 Å². The normalized spacial score (nSPS) is 11.2. The van der Waals surface area contributed by atoms with Gasteiger partial charge < -0.3 is 9.73 Å². The molecule has 3 aromatic heterocycles. The van der Waals surface area contributed by atoms with Crippen molar-refractivity contribution in [3.8, 4) is 0 Å². The Bertz CT molecular complexity index is 1430. The molecule has 0 bridgehead atoms. The fourth-order valence-corrected chi connectivity index (χ4v) is 3.59. The van der Waals surface area contributed by atoms with E-state index in [1.807, 2.05) is 59.4 Å². The molecule has 0 radical (unpaired) electrons. The summed E-state index contributed by atoms with van der Waals surface area (Å²) in [5.74, 6) is -0.284. The van der Waals surface area contributed by atoms with Gasteiger partial charge in [0.25, 0.3) is 5.56 Å². The molecule has 1 amide bonds. The van der Waals surface area contributed by atoms with Crippen molar-refractivity contribution in [3.05, 3.63) is 94.8 Å². The van der Waals surface area contributed by atoms with Crippen LogP contribution >= 0.6 is 0 Å². The third-order valence-electron chi connectivity index (χ3n) is 5.15. The molecule has 8 heteroatoms. The standard InChI is InChI=1S/C23H19N5O3/c29-20(24-12-16-6-1-2-7-17(16)13-28-11-5-10-26-28)14-27-15-25-21-18-8-3-4-9-19(18)31-22(21)23(27)30/h1-11,15H,12-14H2,(H,24,29). The molecular formula is C23H19N5O3. The Hall–Kier alpha value is -4.20. The predicted molar refractivity (Wildman–Crippen MR) is 115 cm³/mol. The lowest BCUT2D eigenvalue weighted by Gasteiger charge is -2.11. The van der Waals surface area contributed by atoms with Crippen LogP contribution in [0, 0.1) is 0 Å². The van der Waals surface area contributed by atoms with Crippen LogP contribution in [-0.4, -0.2) is 25.2 Å². The number of aromatic nitrogens is 4. The van der Waals surface area contributed by atoms with E-state index in [-0.39, 0.29) is 23.6 Å². The van der Waals surface area contributed by atoms with E-state index in [1.165, 1.54) is 10.9 Å². The van der Waals surface area contributed by atoms with E-state index < -0.39 is 0 Å². The number of carbonyl (C=O) groups is 1. The number of hydrogen-bond acceptors (Lipinski definition) is 5. The van der Waals surface area contributed by atoms with Gasteiger partial charge in [-0.1, -0.05) is 36.4 Å². The predicted octanol–water partition coefficient (Wildman–Crippen LogP) is 2.70. The Kier molecular flexibility index (Phi) is 4.80. The largest absolute Gasteiger partial charge is 0.448 e. The number of nitrogens with zero attached hydrogens (tertiary/aromatic N) is 4. The Labute approximate surface area is 176 Å². The van der Waals surface area contributed by atoms with Gasteiger partial charge in [0.1, 0.15) is 17.6 Å². The molecule has 0 saturated carbocycles. The lowest BCUT2D eigenvalue weighted by atomic mass is 10.1. The molecule has 3 heterocycles. The van der Waals surface area contributed by atoms with E-state index in [0.29, 0.717) is 24.2 Å². The summed E-state index contributed by atoms with van der Waals surface area (Å²) in [4.78, 5) is 29.6. The molecule has 0 fully saturated rings. The van der Waals surface area contributed by atoms with Gasteiger partial charge >= 0.3 is 0 Å². The molecule has 0 saturated heterocycles. The molecular weight excluding hydrogens is 394 g/mol. The van der Waals surface area contributed by atoms with Gasteiger partial charge in [-0.15, -0.1) is 0 Å². The maximum atomic E-state index is 12.8. The molecule has 0 spiro atoms. The summed E-state index contributed by atoms with van der Waals surface area (Å²) < 4.78 is 8.75. The van der Waals surface area contributed by atoms with Gasteiger partial charge in [0.2, 0.25) is 11.5 Å².